The number of urea groups is 1. The van der Waals surface area contributed by atoms with Crippen LogP contribution in [0.25, 0.3) is 0 Å². The average Bonchev–Trinajstić information content (AvgIpc) is 2.55. The van der Waals surface area contributed by atoms with Gasteiger partial charge in [-0.25, -0.2) is 13.2 Å². The topological polar surface area (TPSA) is 84.5 Å². The summed E-state index contributed by atoms with van der Waals surface area (Å²) in [5, 5.41) is 5.14. The molecule has 23 heavy (non-hydrogen) atoms. The molecule has 122 valence electrons. The first-order chi connectivity index (χ1) is 11.0. The van der Waals surface area contributed by atoms with Crippen molar-refractivity contribution in [3.8, 4) is 5.75 Å². The zero-order chi connectivity index (χ0) is 16.7. The summed E-state index contributed by atoms with van der Waals surface area (Å²) < 4.78 is 29.2. The van der Waals surface area contributed by atoms with E-state index >= 15 is 0 Å². The molecule has 0 spiro atoms. The molecule has 0 fully saturated rings. The molecule has 2 aromatic carbocycles. The SMILES string of the molecule is COc1cccc(NC(=O)NCCS(=O)(=O)c2ccccc2)c1. The van der Waals surface area contributed by atoms with Crippen LogP contribution in [0.3, 0.4) is 0 Å². The molecule has 2 amide bonds. The first-order valence-corrected chi connectivity index (χ1v) is 8.63. The largest absolute Gasteiger partial charge is 0.497 e. The molecule has 0 unspecified atom stereocenters. The van der Waals surface area contributed by atoms with Gasteiger partial charge < -0.3 is 15.4 Å². The minimum absolute atomic E-state index is 0.0209. The van der Waals surface area contributed by atoms with Gasteiger partial charge in [-0.1, -0.05) is 24.3 Å². The summed E-state index contributed by atoms with van der Waals surface area (Å²) in [6.45, 7) is 0.0209. The number of amides is 2. The Labute approximate surface area is 135 Å². The van der Waals surface area contributed by atoms with Crippen molar-refractivity contribution in [3.63, 3.8) is 0 Å². The molecule has 0 bridgehead atoms. The van der Waals surface area contributed by atoms with Gasteiger partial charge in [0.05, 0.1) is 17.8 Å². The Kier molecular flexibility index (Phi) is 5.59. The highest BCUT2D eigenvalue weighted by Gasteiger charge is 2.14. The van der Waals surface area contributed by atoms with Crippen molar-refractivity contribution in [2.45, 2.75) is 4.90 Å². The second-order valence-corrected chi connectivity index (χ2v) is 6.85. The number of rotatable bonds is 6. The lowest BCUT2D eigenvalue weighted by Gasteiger charge is -2.09. The summed E-state index contributed by atoms with van der Waals surface area (Å²) in [6.07, 6.45) is 0. The average molecular weight is 334 g/mol. The van der Waals surface area contributed by atoms with Gasteiger partial charge in [-0.3, -0.25) is 0 Å². The lowest BCUT2D eigenvalue weighted by molar-refractivity contribution is 0.252. The minimum Gasteiger partial charge on any atom is -0.497 e. The zero-order valence-corrected chi connectivity index (χ0v) is 13.5. The van der Waals surface area contributed by atoms with Crippen LogP contribution in [0.5, 0.6) is 5.75 Å². The number of carbonyl (C=O) groups is 1. The molecular formula is C16H18N2O4S. The van der Waals surface area contributed by atoms with Crippen molar-refractivity contribution in [2.24, 2.45) is 0 Å². The van der Waals surface area contributed by atoms with E-state index in [1.54, 1.807) is 42.5 Å². The van der Waals surface area contributed by atoms with Crippen molar-refractivity contribution in [2.75, 3.05) is 24.7 Å². The molecule has 2 rings (SSSR count). The molecule has 0 aromatic heterocycles. The number of benzene rings is 2. The van der Waals surface area contributed by atoms with Gasteiger partial charge in [-0.05, 0) is 24.3 Å². The fourth-order valence-corrected chi connectivity index (χ4v) is 3.10. The maximum atomic E-state index is 12.1. The van der Waals surface area contributed by atoms with Crippen LogP contribution in [-0.2, 0) is 9.84 Å². The van der Waals surface area contributed by atoms with E-state index in [4.69, 9.17) is 4.74 Å². The number of hydrogen-bond donors (Lipinski definition) is 2. The van der Waals surface area contributed by atoms with Crippen molar-refractivity contribution in [1.29, 1.82) is 0 Å². The second kappa shape index (κ2) is 7.64. The predicted octanol–water partition coefficient (Wildman–Crippen LogP) is 2.29. The number of anilines is 1. The van der Waals surface area contributed by atoms with Crippen LogP contribution in [0.1, 0.15) is 0 Å². The van der Waals surface area contributed by atoms with E-state index in [9.17, 15) is 13.2 Å². The van der Waals surface area contributed by atoms with Gasteiger partial charge in [-0.2, -0.15) is 0 Å². The standard InChI is InChI=1S/C16H18N2O4S/c1-22-14-7-5-6-13(12-14)18-16(19)17-10-11-23(20,21)15-8-3-2-4-9-15/h2-9,12H,10-11H2,1H3,(H2,17,18,19). The Morgan fingerprint density at radius 3 is 2.52 bits per heavy atom. The van der Waals surface area contributed by atoms with Gasteiger partial charge in [0.2, 0.25) is 0 Å². The van der Waals surface area contributed by atoms with Gasteiger partial charge in [0.1, 0.15) is 5.75 Å². The van der Waals surface area contributed by atoms with Crippen LogP contribution in [-0.4, -0.2) is 33.9 Å². The predicted molar refractivity (Wildman–Crippen MR) is 88.5 cm³/mol. The highest BCUT2D eigenvalue weighted by molar-refractivity contribution is 7.91. The van der Waals surface area contributed by atoms with E-state index in [2.05, 4.69) is 10.6 Å². The molecular weight excluding hydrogens is 316 g/mol. The number of carbonyl (C=O) groups excluding carboxylic acids is 1. The zero-order valence-electron chi connectivity index (χ0n) is 12.7. The highest BCUT2D eigenvalue weighted by Crippen LogP contribution is 2.16. The maximum absolute atomic E-state index is 12.1. The van der Waals surface area contributed by atoms with E-state index < -0.39 is 15.9 Å². The summed E-state index contributed by atoms with van der Waals surface area (Å²) in [4.78, 5) is 12.0. The molecule has 0 aliphatic heterocycles. The van der Waals surface area contributed by atoms with Gasteiger partial charge in [0.15, 0.2) is 9.84 Å². The fraction of sp³-hybridized carbons (Fsp3) is 0.188. The third-order valence-electron chi connectivity index (χ3n) is 3.09. The summed E-state index contributed by atoms with van der Waals surface area (Å²) in [6, 6.07) is 14.6. The maximum Gasteiger partial charge on any atom is 0.319 e. The van der Waals surface area contributed by atoms with E-state index in [0.29, 0.717) is 11.4 Å². The van der Waals surface area contributed by atoms with Gasteiger partial charge in [-0.15, -0.1) is 0 Å². The second-order valence-electron chi connectivity index (χ2n) is 4.74. The van der Waals surface area contributed by atoms with Gasteiger partial charge >= 0.3 is 6.03 Å². The third kappa shape index (κ3) is 5.00. The Morgan fingerprint density at radius 2 is 1.83 bits per heavy atom. The molecule has 0 radical (unpaired) electrons. The van der Waals surface area contributed by atoms with Crippen LogP contribution in [0.2, 0.25) is 0 Å². The summed E-state index contributed by atoms with van der Waals surface area (Å²) in [5.74, 6) is 0.456. The van der Waals surface area contributed by atoms with Crippen molar-refractivity contribution in [3.05, 3.63) is 54.6 Å². The highest BCUT2D eigenvalue weighted by atomic mass is 32.2. The number of ether oxygens (including phenoxy) is 1. The van der Waals surface area contributed by atoms with E-state index in [-0.39, 0.29) is 17.2 Å². The quantitative estimate of drug-likeness (QED) is 0.849. The van der Waals surface area contributed by atoms with Crippen LogP contribution < -0.4 is 15.4 Å². The summed E-state index contributed by atoms with van der Waals surface area (Å²) >= 11 is 0. The number of methoxy groups -OCH3 is 1. The summed E-state index contributed by atoms with van der Waals surface area (Å²) in [7, 11) is -1.87. The molecule has 2 N–H and O–H groups in total. The molecule has 2 aromatic rings. The van der Waals surface area contributed by atoms with E-state index in [0.717, 1.165) is 0 Å². The molecule has 0 saturated heterocycles. The summed E-state index contributed by atoms with van der Waals surface area (Å²) in [5.41, 5.74) is 0.563. The van der Waals surface area contributed by atoms with Crippen LogP contribution in [0.15, 0.2) is 59.5 Å². The Bertz CT molecular complexity index is 761. The van der Waals surface area contributed by atoms with Crippen molar-refractivity contribution in [1.82, 2.24) is 5.32 Å². The molecule has 0 atom stereocenters. The fourth-order valence-electron chi connectivity index (χ4n) is 1.92. The normalized spacial score (nSPS) is 10.8. The van der Waals surface area contributed by atoms with Gasteiger partial charge in [0, 0.05) is 18.3 Å². The lowest BCUT2D eigenvalue weighted by atomic mass is 10.3. The monoisotopic (exact) mass is 334 g/mol. The molecule has 7 heteroatoms. The Hall–Kier alpha value is -2.54. The van der Waals surface area contributed by atoms with Crippen LogP contribution in [0.4, 0.5) is 10.5 Å². The van der Waals surface area contributed by atoms with Crippen LogP contribution in [0, 0.1) is 0 Å². The molecule has 0 heterocycles. The lowest BCUT2D eigenvalue weighted by Crippen LogP contribution is -2.32. The third-order valence-corrected chi connectivity index (χ3v) is 4.82. The smallest absolute Gasteiger partial charge is 0.319 e. The Morgan fingerprint density at radius 1 is 1.09 bits per heavy atom. The Balaban J connectivity index is 1.85. The van der Waals surface area contributed by atoms with Crippen molar-refractivity contribution >= 4 is 21.6 Å². The van der Waals surface area contributed by atoms with Crippen LogP contribution >= 0.6 is 0 Å². The minimum atomic E-state index is -3.40. The number of nitrogens with one attached hydrogen (secondary N) is 2. The molecule has 0 aliphatic carbocycles. The number of sulfone groups is 1. The molecule has 0 aliphatic rings. The van der Waals surface area contributed by atoms with Gasteiger partial charge in [0.25, 0.3) is 0 Å². The van der Waals surface area contributed by atoms with E-state index in [1.807, 2.05) is 0 Å². The van der Waals surface area contributed by atoms with Crippen molar-refractivity contribution < 1.29 is 17.9 Å². The van der Waals surface area contributed by atoms with E-state index in [1.165, 1.54) is 19.2 Å². The first kappa shape index (κ1) is 16.8. The molecule has 0 saturated carbocycles. The molecule has 6 nitrogen and oxygen atoms in total. The first-order valence-electron chi connectivity index (χ1n) is 6.98. The number of hydrogen-bond acceptors (Lipinski definition) is 4.